The van der Waals surface area contributed by atoms with Crippen LogP contribution in [0.2, 0.25) is 18.1 Å². The van der Waals surface area contributed by atoms with Gasteiger partial charge in [-0.25, -0.2) is 29.5 Å². The van der Waals surface area contributed by atoms with Crippen molar-refractivity contribution < 1.29 is 50.8 Å². The van der Waals surface area contributed by atoms with Gasteiger partial charge in [0.2, 0.25) is 0 Å². The average molecular weight is 887 g/mol. The number of aryl methyl sites for hydroxylation is 1. The van der Waals surface area contributed by atoms with Crippen molar-refractivity contribution in [2.45, 2.75) is 95.7 Å². The maximum atomic E-state index is 14.6. The number of hydrogen-bond donors (Lipinski definition) is 3. The summed E-state index contributed by atoms with van der Waals surface area (Å²) < 4.78 is 75.9. The Morgan fingerprint density at radius 2 is 1.62 bits per heavy atom. The Bertz CT molecular complexity index is 2590. The van der Waals surface area contributed by atoms with Gasteiger partial charge >= 0.3 is 7.82 Å². The van der Waals surface area contributed by atoms with E-state index in [0.29, 0.717) is 17.0 Å². The van der Waals surface area contributed by atoms with E-state index in [-0.39, 0.29) is 34.1 Å². The van der Waals surface area contributed by atoms with Crippen molar-refractivity contribution in [3.8, 4) is 0 Å². The fourth-order valence-corrected chi connectivity index (χ4v) is 10.2. The Morgan fingerprint density at radius 1 is 0.950 bits per heavy atom. The second kappa shape index (κ2) is 15.7. The molecule has 3 aliphatic rings. The molecule has 1 aromatic carbocycles. The SMILES string of the molecule is [BH3-]P1(=O)OC[C@H]2O[C@@H](n3cnc4c(NC(=O)c5ccccc5)ncnc43)C(C)[C@H]2OP(=O)(O)OC[C@H]2O[C@@H](n3cnc4c(=O)[nH]c(C)nc43)C(O1)[C@H]2O[Si](C)(C)C(C)(C)C. The van der Waals surface area contributed by atoms with Gasteiger partial charge in [-0.05, 0) is 37.2 Å². The predicted molar refractivity (Wildman–Crippen MR) is 221 cm³/mol. The summed E-state index contributed by atoms with van der Waals surface area (Å²) in [6.07, 6.45) is -3.26. The second-order valence-electron chi connectivity index (χ2n) is 16.1. The Morgan fingerprint density at radius 3 is 2.33 bits per heavy atom. The first-order valence-corrected chi connectivity index (χ1v) is 24.3. The first kappa shape index (κ1) is 42.7. The summed E-state index contributed by atoms with van der Waals surface area (Å²) >= 11 is 0. The van der Waals surface area contributed by atoms with Crippen LogP contribution in [0.3, 0.4) is 0 Å². The normalized spacial score (nSPS) is 31.7. The van der Waals surface area contributed by atoms with Gasteiger partial charge in [-0.1, -0.05) is 45.9 Å². The summed E-state index contributed by atoms with van der Waals surface area (Å²) in [5, 5.41) is 2.48. The topological polar surface area (TPSA) is 255 Å². The van der Waals surface area contributed by atoms with Crippen molar-refractivity contribution in [3.63, 3.8) is 0 Å². The molecule has 0 radical (unpaired) electrons. The minimum Gasteiger partial charge on any atom is -0.408 e. The molecule has 4 aromatic heterocycles. The molecular formula is C35H47BN9O12P2Si-. The molecule has 60 heavy (non-hydrogen) atoms. The van der Waals surface area contributed by atoms with E-state index in [2.05, 4.69) is 56.0 Å². The quantitative estimate of drug-likeness (QED) is 0.162. The van der Waals surface area contributed by atoms with Crippen LogP contribution in [-0.2, 0) is 41.1 Å². The second-order valence-corrected chi connectivity index (χ2v) is 23.2. The highest BCUT2D eigenvalue weighted by atomic mass is 31.2. The number of phosphoric acid groups is 1. The van der Waals surface area contributed by atoms with Crippen LogP contribution < -0.4 is 10.9 Å². The summed E-state index contributed by atoms with van der Waals surface area (Å²) in [5.74, 6) is -0.563. The van der Waals surface area contributed by atoms with E-state index >= 15 is 0 Å². The standard InChI is InChI=1S/C35H47BN9O12P2Si/c1-18-25-21(53-33(18)44-16-39-23-28(37-15-38-29(23)44)43-31(46)20-11-9-8-10-12-20)13-51-58(36,48)55-27-26(57-60(6,7)35(3,4)5)22(14-52-59(49,50)56-25)54-34(27)45-17-40-24-30(45)41-19(2)42-32(24)47/h8-12,15-18,21-22,25-27,33-34H,13-14H2,1-7,36H3,(H,49,50)(H,41,42,47)(H,37,38,43,46)/q-1/t18?,21-,22-,25-,26+,27?,33-,34-,58?/m1/s1. The zero-order valence-electron chi connectivity index (χ0n) is 33.1. The number of H-pyrrole nitrogens is 1. The lowest BCUT2D eigenvalue weighted by Gasteiger charge is -2.41. The van der Waals surface area contributed by atoms with E-state index in [1.54, 1.807) is 48.7 Å². The molecule has 0 aliphatic carbocycles. The van der Waals surface area contributed by atoms with Crippen LogP contribution in [0.4, 0.5) is 5.82 Å². The number of phosphoric ester groups is 1. The highest BCUT2D eigenvalue weighted by molar-refractivity contribution is 7.79. The zero-order valence-corrected chi connectivity index (χ0v) is 35.9. The van der Waals surface area contributed by atoms with E-state index in [1.807, 2.05) is 13.1 Å². The fourth-order valence-electron chi connectivity index (χ4n) is 7.07. The Hall–Kier alpha value is -3.99. The molecule has 8 rings (SSSR count). The minimum atomic E-state index is -4.90. The van der Waals surface area contributed by atoms with Gasteiger partial charge in [0.25, 0.3) is 11.5 Å². The van der Waals surface area contributed by atoms with Gasteiger partial charge in [0.05, 0.1) is 33.4 Å². The van der Waals surface area contributed by atoms with Crippen molar-refractivity contribution in [1.29, 1.82) is 0 Å². The summed E-state index contributed by atoms with van der Waals surface area (Å²) in [5.41, 5.74) is 0.763. The van der Waals surface area contributed by atoms with Crippen molar-refractivity contribution in [3.05, 3.63) is 71.1 Å². The van der Waals surface area contributed by atoms with Gasteiger partial charge in [0.15, 0.2) is 42.7 Å². The fraction of sp³-hybridized carbons (Fsp3) is 0.514. The van der Waals surface area contributed by atoms with Crippen LogP contribution in [0.15, 0.2) is 54.1 Å². The van der Waals surface area contributed by atoms with E-state index in [0.717, 1.165) is 0 Å². The van der Waals surface area contributed by atoms with Crippen LogP contribution in [0.5, 0.6) is 0 Å². The van der Waals surface area contributed by atoms with Gasteiger partial charge in [-0.3, -0.25) is 27.8 Å². The number of carbonyl (C=O) groups excluding carboxylic acids is 1. The maximum absolute atomic E-state index is 14.6. The van der Waals surface area contributed by atoms with Gasteiger partial charge in [-0.2, -0.15) is 0 Å². The lowest BCUT2D eigenvalue weighted by molar-refractivity contribution is -0.0618. The van der Waals surface area contributed by atoms with Crippen LogP contribution >= 0.6 is 15.3 Å². The summed E-state index contributed by atoms with van der Waals surface area (Å²) in [7, 11) is -12.6. The van der Waals surface area contributed by atoms with Crippen molar-refractivity contribution in [1.82, 2.24) is 39.0 Å². The van der Waals surface area contributed by atoms with Crippen LogP contribution in [-0.4, -0.2) is 109 Å². The monoisotopic (exact) mass is 886 g/mol. The molecule has 3 N–H and O–H groups in total. The number of ether oxygens (including phenoxy) is 2. The predicted octanol–water partition coefficient (Wildman–Crippen LogP) is 3.73. The molecule has 7 heterocycles. The van der Waals surface area contributed by atoms with Crippen LogP contribution in [0.1, 0.15) is 56.3 Å². The number of benzene rings is 1. The number of fused-ring (bicyclic) bond motifs is 5. The third-order valence-corrected chi connectivity index (χ3v) is 17.3. The third-order valence-electron chi connectivity index (χ3n) is 11.1. The smallest absolute Gasteiger partial charge is 0.408 e. The molecule has 10 atom stereocenters. The number of aromatic nitrogens is 8. The number of carbonyl (C=O) groups is 1. The largest absolute Gasteiger partial charge is 0.472 e. The molecule has 21 nitrogen and oxygen atoms in total. The Kier molecular flexibility index (Phi) is 11.2. The molecule has 0 saturated carbocycles. The van der Waals surface area contributed by atoms with Crippen LogP contribution in [0.25, 0.3) is 22.3 Å². The Labute approximate surface area is 345 Å². The zero-order chi connectivity index (χ0) is 42.9. The molecule has 3 saturated heterocycles. The molecule has 1 amide bonds. The van der Waals surface area contributed by atoms with Crippen molar-refractivity contribution >= 4 is 65.2 Å². The van der Waals surface area contributed by atoms with Gasteiger partial charge < -0.3 is 42.7 Å². The number of aromatic amines is 1. The molecule has 2 bridgehead atoms. The molecular weight excluding hydrogens is 839 g/mol. The number of amides is 1. The molecule has 3 aliphatic heterocycles. The third kappa shape index (κ3) is 8.21. The van der Waals surface area contributed by atoms with E-state index in [4.69, 9.17) is 32.0 Å². The van der Waals surface area contributed by atoms with Crippen LogP contribution in [0, 0.1) is 12.8 Å². The molecule has 322 valence electrons. The maximum Gasteiger partial charge on any atom is 0.472 e. The molecule has 4 unspecified atom stereocenters. The van der Waals surface area contributed by atoms with Crippen molar-refractivity contribution in [2.75, 3.05) is 18.5 Å². The summed E-state index contributed by atoms with van der Waals surface area (Å²) in [6, 6.07) is 8.62. The molecule has 3 fully saturated rings. The summed E-state index contributed by atoms with van der Waals surface area (Å²) in [4.78, 5) is 61.7. The number of hydrogen-bond acceptors (Lipinski definition) is 16. The minimum absolute atomic E-state index is 0.0448. The van der Waals surface area contributed by atoms with Gasteiger partial charge in [0, 0.05) is 11.5 Å². The highest BCUT2D eigenvalue weighted by Gasteiger charge is 2.55. The lowest BCUT2D eigenvalue weighted by atomic mass is 10.0. The molecule has 0 spiro atoms. The van der Waals surface area contributed by atoms with Gasteiger partial charge in [-0.15, -0.1) is 0 Å². The van der Waals surface area contributed by atoms with Gasteiger partial charge in [0.1, 0.15) is 56.4 Å². The first-order valence-electron chi connectivity index (χ1n) is 18.8. The van der Waals surface area contributed by atoms with E-state index in [9.17, 15) is 23.6 Å². The van der Waals surface area contributed by atoms with Crippen molar-refractivity contribution in [2.24, 2.45) is 5.92 Å². The number of nitrogens with one attached hydrogen (secondary N) is 2. The first-order chi connectivity index (χ1) is 28.2. The van der Waals surface area contributed by atoms with E-state index < -0.39 is 98.1 Å². The summed E-state index contributed by atoms with van der Waals surface area (Å²) in [6.45, 7) is 12.7. The number of nitrogens with zero attached hydrogens (tertiary/aromatic N) is 7. The highest BCUT2D eigenvalue weighted by Crippen LogP contribution is 2.55. The lowest BCUT2D eigenvalue weighted by Crippen LogP contribution is -2.50. The number of imidazole rings is 2. The number of rotatable bonds is 6. The number of anilines is 1. The molecule has 25 heteroatoms. The van der Waals surface area contributed by atoms with E-state index in [1.165, 1.54) is 23.5 Å². The average Bonchev–Trinajstić information content (AvgIpc) is 3.94. The Balaban J connectivity index is 1.12. The molecule has 5 aromatic rings.